The number of nitrogens with zero attached hydrogens (tertiary/aromatic N) is 1. The van der Waals surface area contributed by atoms with E-state index in [1.165, 1.54) is 13.8 Å². The number of hydrogen-bond acceptors (Lipinski definition) is 5. The normalized spacial score (nSPS) is 19.3. The maximum Gasteiger partial charge on any atom is 0.352 e. The summed E-state index contributed by atoms with van der Waals surface area (Å²) in [5.74, 6) is -2.80. The fourth-order valence-corrected chi connectivity index (χ4v) is 3.62. The van der Waals surface area contributed by atoms with Crippen LogP contribution in [0.4, 0.5) is 0 Å². The molecule has 1 aromatic heterocycles. The lowest BCUT2D eigenvalue weighted by Gasteiger charge is -2.38. The maximum absolute atomic E-state index is 12.5. The predicted molar refractivity (Wildman–Crippen MR) is 68.9 cm³/mol. The molecule has 0 atom stereocenters. The fourth-order valence-electron chi connectivity index (χ4n) is 1.92. The predicted octanol–water partition coefficient (Wildman–Crippen LogP) is -0.861. The van der Waals surface area contributed by atoms with Gasteiger partial charge in [0, 0.05) is 6.20 Å². The van der Waals surface area contributed by atoms with E-state index in [4.69, 9.17) is 5.11 Å². The van der Waals surface area contributed by atoms with Gasteiger partial charge in [0.05, 0.1) is 6.54 Å². The minimum Gasteiger partial charge on any atom is -0.477 e. The molecule has 1 aliphatic rings. The second kappa shape index (κ2) is 4.67. The largest absolute Gasteiger partial charge is 0.477 e. The van der Waals surface area contributed by atoms with Crippen molar-refractivity contribution in [2.24, 2.45) is 0 Å². The number of rotatable bonds is 3. The Bertz CT molecular complexity index is 733. The Morgan fingerprint density at radius 1 is 1.38 bits per heavy atom. The average molecular weight is 315 g/mol. The molecule has 0 aromatic carbocycles. The van der Waals surface area contributed by atoms with Gasteiger partial charge in [-0.1, -0.05) is 0 Å². The van der Waals surface area contributed by atoms with E-state index in [1.807, 2.05) is 0 Å². The molecule has 10 heteroatoms. The minimum atomic E-state index is -4.19. The number of carboxylic acids is 1. The first-order chi connectivity index (χ1) is 9.56. The number of hydrogen-bond donors (Lipinski definition) is 3. The molecule has 1 saturated heterocycles. The van der Waals surface area contributed by atoms with Gasteiger partial charge in [0.1, 0.15) is 16.1 Å². The van der Waals surface area contributed by atoms with Gasteiger partial charge < -0.3 is 10.1 Å². The van der Waals surface area contributed by atoms with Gasteiger partial charge >= 0.3 is 5.97 Å². The third kappa shape index (κ3) is 2.43. The summed E-state index contributed by atoms with van der Waals surface area (Å²) in [4.78, 5) is 36.0. The van der Waals surface area contributed by atoms with Crippen LogP contribution in [0.3, 0.4) is 0 Å². The summed E-state index contributed by atoms with van der Waals surface area (Å²) in [5, 5.41) is 10.9. The number of carboxylic acid groups (broad SMARTS) is 1. The maximum atomic E-state index is 12.5. The van der Waals surface area contributed by atoms with Crippen molar-refractivity contribution >= 4 is 27.8 Å². The molecular formula is C11H13N3O6S. The molecular weight excluding hydrogens is 302 g/mol. The van der Waals surface area contributed by atoms with Crippen molar-refractivity contribution in [3.63, 3.8) is 0 Å². The number of aromatic nitrogens is 1. The zero-order valence-corrected chi connectivity index (χ0v) is 12.0. The Kier molecular flexibility index (Phi) is 3.38. The molecule has 9 nitrogen and oxygen atoms in total. The lowest BCUT2D eigenvalue weighted by Crippen LogP contribution is -2.65. The molecule has 1 aromatic rings. The van der Waals surface area contributed by atoms with Gasteiger partial charge in [-0.05, 0) is 19.9 Å². The summed E-state index contributed by atoms with van der Waals surface area (Å²) in [5.41, 5.74) is -1.77. The van der Waals surface area contributed by atoms with E-state index in [1.54, 1.807) is 0 Å². The molecule has 0 aliphatic carbocycles. The van der Waals surface area contributed by atoms with Crippen LogP contribution in [0.2, 0.25) is 0 Å². The highest BCUT2D eigenvalue weighted by Crippen LogP contribution is 2.27. The molecule has 1 aliphatic heterocycles. The Balaban J connectivity index is 2.48. The minimum absolute atomic E-state index is 0.306. The van der Waals surface area contributed by atoms with Crippen LogP contribution in [-0.4, -0.2) is 52.7 Å². The van der Waals surface area contributed by atoms with Gasteiger partial charge in [0.2, 0.25) is 21.8 Å². The van der Waals surface area contributed by atoms with E-state index >= 15 is 0 Å². The van der Waals surface area contributed by atoms with Crippen molar-refractivity contribution in [1.82, 2.24) is 14.6 Å². The molecule has 0 saturated carbocycles. The van der Waals surface area contributed by atoms with Crippen LogP contribution >= 0.6 is 0 Å². The van der Waals surface area contributed by atoms with Crippen LogP contribution in [0, 0.1) is 0 Å². The van der Waals surface area contributed by atoms with Crippen molar-refractivity contribution in [3.05, 3.63) is 18.0 Å². The van der Waals surface area contributed by atoms with Gasteiger partial charge in [-0.3, -0.25) is 14.9 Å². The van der Waals surface area contributed by atoms with E-state index in [0.29, 0.717) is 0 Å². The van der Waals surface area contributed by atoms with Crippen LogP contribution in [0.25, 0.3) is 0 Å². The zero-order valence-electron chi connectivity index (χ0n) is 11.2. The lowest BCUT2D eigenvalue weighted by molar-refractivity contribution is -0.141. The number of aromatic amines is 1. The quantitative estimate of drug-likeness (QED) is 0.621. The van der Waals surface area contributed by atoms with Gasteiger partial charge in [-0.25, -0.2) is 13.2 Å². The molecule has 1 fully saturated rings. The second-order valence-corrected chi connectivity index (χ2v) is 6.86. The summed E-state index contributed by atoms with van der Waals surface area (Å²) in [6.07, 6.45) is 1.01. The number of nitrogens with one attached hydrogen (secondary N) is 2. The standard InChI is InChI=1S/C11H13N3O6S/c1-11(2)10(18)13-8(15)5-14(11)21(19,20)6-3-7(9(16)17)12-4-6/h3-4,12H,5H2,1-2H3,(H,16,17)(H,13,15,18). The van der Waals surface area contributed by atoms with Crippen LogP contribution in [-0.2, 0) is 19.6 Å². The van der Waals surface area contributed by atoms with E-state index in [-0.39, 0.29) is 10.6 Å². The summed E-state index contributed by atoms with van der Waals surface area (Å²) < 4.78 is 25.8. The van der Waals surface area contributed by atoms with Gasteiger partial charge in [0.15, 0.2) is 0 Å². The van der Waals surface area contributed by atoms with Crippen molar-refractivity contribution in [2.45, 2.75) is 24.3 Å². The lowest BCUT2D eigenvalue weighted by atomic mass is 10.0. The van der Waals surface area contributed by atoms with E-state index < -0.39 is 39.9 Å². The van der Waals surface area contributed by atoms with Crippen molar-refractivity contribution < 1.29 is 27.9 Å². The molecule has 2 heterocycles. The van der Waals surface area contributed by atoms with Gasteiger partial charge in [0.25, 0.3) is 0 Å². The number of H-pyrrole nitrogens is 1. The highest BCUT2D eigenvalue weighted by molar-refractivity contribution is 7.89. The van der Waals surface area contributed by atoms with Gasteiger partial charge in [-0.2, -0.15) is 4.31 Å². The smallest absolute Gasteiger partial charge is 0.352 e. The molecule has 0 spiro atoms. The monoisotopic (exact) mass is 315 g/mol. The first-order valence-electron chi connectivity index (χ1n) is 5.85. The first-order valence-corrected chi connectivity index (χ1v) is 7.29. The molecule has 21 heavy (non-hydrogen) atoms. The van der Waals surface area contributed by atoms with Crippen LogP contribution < -0.4 is 5.32 Å². The number of carbonyl (C=O) groups excluding carboxylic acids is 2. The molecule has 3 N–H and O–H groups in total. The molecule has 2 amide bonds. The summed E-state index contributed by atoms with van der Waals surface area (Å²) in [6, 6.07) is 0.935. The Hall–Kier alpha value is -2.20. The average Bonchev–Trinajstić information content (AvgIpc) is 2.84. The van der Waals surface area contributed by atoms with Crippen LogP contribution in [0.1, 0.15) is 24.3 Å². The van der Waals surface area contributed by atoms with E-state index in [0.717, 1.165) is 16.6 Å². The van der Waals surface area contributed by atoms with Crippen LogP contribution in [0.15, 0.2) is 17.2 Å². The fraction of sp³-hybridized carbons (Fsp3) is 0.364. The number of piperazine rings is 1. The highest BCUT2D eigenvalue weighted by atomic mass is 32.2. The van der Waals surface area contributed by atoms with Crippen molar-refractivity contribution in [1.29, 1.82) is 0 Å². The zero-order chi connectivity index (χ0) is 16.0. The summed E-state index contributed by atoms with van der Waals surface area (Å²) >= 11 is 0. The summed E-state index contributed by atoms with van der Waals surface area (Å²) in [6.45, 7) is 2.20. The number of carbonyl (C=O) groups is 3. The first kappa shape index (κ1) is 15.2. The second-order valence-electron chi connectivity index (χ2n) is 5.00. The van der Waals surface area contributed by atoms with E-state index in [2.05, 4.69) is 10.3 Å². The van der Waals surface area contributed by atoms with Crippen molar-refractivity contribution in [2.75, 3.05) is 6.54 Å². The number of amides is 2. The Morgan fingerprint density at radius 2 is 2.00 bits per heavy atom. The molecule has 2 rings (SSSR count). The molecule has 0 radical (unpaired) electrons. The third-order valence-corrected chi connectivity index (χ3v) is 5.19. The van der Waals surface area contributed by atoms with Gasteiger partial charge in [-0.15, -0.1) is 0 Å². The molecule has 0 bridgehead atoms. The van der Waals surface area contributed by atoms with Crippen LogP contribution in [0.5, 0.6) is 0 Å². The highest BCUT2D eigenvalue weighted by Gasteiger charge is 2.47. The van der Waals surface area contributed by atoms with Crippen molar-refractivity contribution in [3.8, 4) is 0 Å². The summed E-state index contributed by atoms with van der Waals surface area (Å²) in [7, 11) is -4.19. The third-order valence-electron chi connectivity index (χ3n) is 3.19. The SMILES string of the molecule is CC1(C)C(=O)NC(=O)CN1S(=O)(=O)c1c[nH]c(C(=O)O)c1. The Morgan fingerprint density at radius 3 is 2.52 bits per heavy atom. The molecule has 114 valence electrons. The number of imide groups is 1. The Labute approximate surface area is 120 Å². The molecule has 0 unspecified atom stereocenters. The topological polar surface area (TPSA) is 137 Å². The van der Waals surface area contributed by atoms with E-state index in [9.17, 15) is 22.8 Å². The number of aromatic carboxylic acids is 1. The number of sulfonamides is 1.